The topological polar surface area (TPSA) is 111 Å². The highest BCUT2D eigenvalue weighted by Crippen LogP contribution is 2.11. The molecule has 0 aliphatic heterocycles. The number of methoxy groups -OCH3 is 1. The average molecular weight is 388 g/mol. The lowest BCUT2D eigenvalue weighted by Crippen LogP contribution is -2.36. The first-order valence-corrected chi connectivity index (χ1v) is 8.07. The van der Waals surface area contributed by atoms with E-state index in [9.17, 15) is 23.6 Å². The SMILES string of the molecule is COc1ccc(C(=O)NC(=O)COC(=O)CNC(=O)c2ccccc2F)cc1. The number of amides is 3. The predicted octanol–water partition coefficient (Wildman–Crippen LogP) is 1.06. The molecule has 0 bridgehead atoms. The van der Waals surface area contributed by atoms with Gasteiger partial charge in [-0.25, -0.2) is 4.39 Å². The number of benzene rings is 2. The van der Waals surface area contributed by atoms with E-state index in [-0.39, 0.29) is 11.1 Å². The van der Waals surface area contributed by atoms with Gasteiger partial charge in [-0.1, -0.05) is 12.1 Å². The number of imide groups is 1. The minimum Gasteiger partial charge on any atom is -0.497 e. The van der Waals surface area contributed by atoms with Gasteiger partial charge in [-0.3, -0.25) is 24.5 Å². The van der Waals surface area contributed by atoms with Crippen LogP contribution in [0.4, 0.5) is 4.39 Å². The molecule has 0 heterocycles. The van der Waals surface area contributed by atoms with Gasteiger partial charge in [0.05, 0.1) is 12.7 Å². The van der Waals surface area contributed by atoms with E-state index in [1.165, 1.54) is 37.4 Å². The molecule has 2 aromatic rings. The predicted molar refractivity (Wildman–Crippen MR) is 95.2 cm³/mol. The second kappa shape index (κ2) is 9.81. The van der Waals surface area contributed by atoms with E-state index in [1.807, 2.05) is 0 Å². The third kappa shape index (κ3) is 5.90. The van der Waals surface area contributed by atoms with E-state index in [0.717, 1.165) is 6.07 Å². The summed E-state index contributed by atoms with van der Waals surface area (Å²) in [5.74, 6) is -3.41. The molecule has 0 saturated heterocycles. The zero-order valence-electron chi connectivity index (χ0n) is 14.9. The minimum atomic E-state index is -0.920. The molecule has 2 rings (SSSR count). The van der Waals surface area contributed by atoms with Crippen molar-refractivity contribution in [3.63, 3.8) is 0 Å². The lowest BCUT2D eigenvalue weighted by Gasteiger charge is -2.08. The Morgan fingerprint density at radius 3 is 2.29 bits per heavy atom. The molecule has 8 nitrogen and oxygen atoms in total. The number of nitrogens with one attached hydrogen (secondary N) is 2. The van der Waals surface area contributed by atoms with Crippen LogP contribution in [0.25, 0.3) is 0 Å². The van der Waals surface area contributed by atoms with Gasteiger partial charge in [-0.05, 0) is 36.4 Å². The summed E-state index contributed by atoms with van der Waals surface area (Å²) < 4.78 is 23.1. The maximum atomic E-state index is 13.5. The Labute approximate surface area is 159 Å². The quantitative estimate of drug-likeness (QED) is 0.687. The van der Waals surface area contributed by atoms with E-state index in [4.69, 9.17) is 4.74 Å². The van der Waals surface area contributed by atoms with Gasteiger partial charge in [-0.15, -0.1) is 0 Å². The molecular formula is C19H17FN2O6. The number of carbonyl (C=O) groups is 4. The van der Waals surface area contributed by atoms with Crippen molar-refractivity contribution < 1.29 is 33.0 Å². The first kappa shape index (κ1) is 20.6. The van der Waals surface area contributed by atoms with Crippen molar-refractivity contribution >= 4 is 23.7 Å². The highest BCUT2D eigenvalue weighted by molar-refractivity contribution is 6.05. The van der Waals surface area contributed by atoms with Crippen LogP contribution in [0.15, 0.2) is 48.5 Å². The maximum absolute atomic E-state index is 13.5. The van der Waals surface area contributed by atoms with Crippen LogP contribution in [0, 0.1) is 5.82 Å². The van der Waals surface area contributed by atoms with Crippen LogP contribution in [0.3, 0.4) is 0 Å². The second-order valence-corrected chi connectivity index (χ2v) is 5.43. The van der Waals surface area contributed by atoms with Gasteiger partial charge in [0, 0.05) is 5.56 Å². The lowest BCUT2D eigenvalue weighted by molar-refractivity contribution is -0.147. The van der Waals surface area contributed by atoms with E-state index in [2.05, 4.69) is 15.4 Å². The molecule has 2 aromatic carbocycles. The fraction of sp³-hybridized carbons (Fsp3) is 0.158. The van der Waals surface area contributed by atoms with Gasteiger partial charge in [0.2, 0.25) is 0 Å². The highest BCUT2D eigenvalue weighted by atomic mass is 19.1. The van der Waals surface area contributed by atoms with Gasteiger partial charge in [0.15, 0.2) is 6.61 Å². The smallest absolute Gasteiger partial charge is 0.325 e. The summed E-state index contributed by atoms with van der Waals surface area (Å²) in [5.41, 5.74) is -0.00393. The van der Waals surface area contributed by atoms with E-state index < -0.39 is 42.7 Å². The van der Waals surface area contributed by atoms with Crippen LogP contribution >= 0.6 is 0 Å². The maximum Gasteiger partial charge on any atom is 0.325 e. The van der Waals surface area contributed by atoms with Crippen molar-refractivity contribution in [2.75, 3.05) is 20.3 Å². The Kier molecular flexibility index (Phi) is 7.21. The number of hydrogen-bond donors (Lipinski definition) is 2. The van der Waals surface area contributed by atoms with Gasteiger partial charge >= 0.3 is 5.97 Å². The number of esters is 1. The number of ether oxygens (including phenoxy) is 2. The van der Waals surface area contributed by atoms with Crippen LogP contribution in [-0.4, -0.2) is 44.0 Å². The summed E-state index contributed by atoms with van der Waals surface area (Å²) in [6, 6.07) is 11.3. The zero-order valence-corrected chi connectivity index (χ0v) is 14.9. The molecule has 9 heteroatoms. The third-order valence-corrected chi connectivity index (χ3v) is 3.48. The van der Waals surface area contributed by atoms with Crippen molar-refractivity contribution in [1.29, 1.82) is 0 Å². The summed E-state index contributed by atoms with van der Waals surface area (Å²) in [7, 11) is 1.48. The summed E-state index contributed by atoms with van der Waals surface area (Å²) >= 11 is 0. The van der Waals surface area contributed by atoms with Crippen LogP contribution in [0.5, 0.6) is 5.75 Å². The fourth-order valence-electron chi connectivity index (χ4n) is 2.07. The van der Waals surface area contributed by atoms with E-state index in [1.54, 1.807) is 12.1 Å². The number of rotatable bonds is 7. The molecule has 0 radical (unpaired) electrons. The Morgan fingerprint density at radius 1 is 0.964 bits per heavy atom. The van der Waals surface area contributed by atoms with Crippen molar-refractivity contribution in [3.8, 4) is 5.75 Å². The molecule has 2 N–H and O–H groups in total. The normalized spacial score (nSPS) is 9.93. The number of hydrogen-bond acceptors (Lipinski definition) is 6. The van der Waals surface area contributed by atoms with Crippen LogP contribution < -0.4 is 15.4 Å². The monoisotopic (exact) mass is 388 g/mol. The molecule has 0 aromatic heterocycles. The summed E-state index contributed by atoms with van der Waals surface area (Å²) in [6.45, 7) is -1.27. The Balaban J connectivity index is 1.74. The van der Waals surface area contributed by atoms with E-state index >= 15 is 0 Å². The summed E-state index contributed by atoms with van der Waals surface area (Å²) in [5, 5.41) is 4.23. The van der Waals surface area contributed by atoms with E-state index in [0.29, 0.717) is 5.75 Å². The van der Waals surface area contributed by atoms with Gasteiger partial charge in [-0.2, -0.15) is 0 Å². The molecule has 0 fully saturated rings. The van der Waals surface area contributed by atoms with Crippen LogP contribution in [0.1, 0.15) is 20.7 Å². The fourth-order valence-corrected chi connectivity index (χ4v) is 2.07. The largest absolute Gasteiger partial charge is 0.497 e. The molecule has 0 aliphatic rings. The summed E-state index contributed by atoms with van der Waals surface area (Å²) in [4.78, 5) is 46.9. The first-order valence-electron chi connectivity index (χ1n) is 8.07. The zero-order chi connectivity index (χ0) is 20.5. The Bertz CT molecular complexity index is 882. The lowest BCUT2D eigenvalue weighted by atomic mass is 10.2. The molecule has 0 saturated carbocycles. The van der Waals surface area contributed by atoms with Crippen molar-refractivity contribution in [2.45, 2.75) is 0 Å². The average Bonchev–Trinajstić information content (AvgIpc) is 2.70. The Morgan fingerprint density at radius 2 is 1.64 bits per heavy atom. The molecule has 3 amide bonds. The van der Waals surface area contributed by atoms with Gasteiger partial charge in [0.25, 0.3) is 17.7 Å². The van der Waals surface area contributed by atoms with Gasteiger partial charge in [0.1, 0.15) is 18.1 Å². The summed E-state index contributed by atoms with van der Waals surface area (Å²) in [6.07, 6.45) is 0. The van der Waals surface area contributed by atoms with Gasteiger partial charge < -0.3 is 14.8 Å². The minimum absolute atomic E-state index is 0.220. The Hall–Kier alpha value is -3.75. The highest BCUT2D eigenvalue weighted by Gasteiger charge is 2.15. The second-order valence-electron chi connectivity index (χ2n) is 5.43. The van der Waals surface area contributed by atoms with Crippen molar-refractivity contribution in [3.05, 3.63) is 65.5 Å². The molecule has 28 heavy (non-hydrogen) atoms. The van der Waals surface area contributed by atoms with Crippen molar-refractivity contribution in [1.82, 2.24) is 10.6 Å². The molecule has 0 spiro atoms. The van der Waals surface area contributed by atoms with Crippen LogP contribution in [-0.2, 0) is 14.3 Å². The standard InChI is InChI=1S/C19H17FN2O6/c1-27-13-8-6-12(7-9-13)18(25)22-16(23)11-28-17(24)10-21-19(26)14-4-2-3-5-15(14)20/h2-9H,10-11H2,1H3,(H,21,26)(H,22,23,25). The third-order valence-electron chi connectivity index (χ3n) is 3.48. The molecule has 0 aliphatic carbocycles. The molecule has 146 valence electrons. The number of halogens is 1. The molecular weight excluding hydrogens is 371 g/mol. The molecule has 0 atom stereocenters. The molecule has 0 unspecified atom stereocenters. The first-order chi connectivity index (χ1) is 13.4. The van der Waals surface area contributed by atoms with Crippen molar-refractivity contribution in [2.24, 2.45) is 0 Å². The van der Waals surface area contributed by atoms with Crippen LogP contribution in [0.2, 0.25) is 0 Å². The number of carbonyl (C=O) groups excluding carboxylic acids is 4.